The van der Waals surface area contributed by atoms with Gasteiger partial charge in [0.05, 0.1) is 26.3 Å². The summed E-state index contributed by atoms with van der Waals surface area (Å²) in [4.78, 5) is 16.1. The van der Waals surface area contributed by atoms with E-state index in [-0.39, 0.29) is 12.6 Å². The van der Waals surface area contributed by atoms with Crippen molar-refractivity contribution in [1.29, 1.82) is 0 Å². The molecular weight excluding hydrogens is 313 g/mol. The molecule has 2 aliphatic heterocycles. The lowest BCUT2D eigenvalue weighted by atomic mass is 9.97. The third-order valence-corrected chi connectivity index (χ3v) is 4.56. The molecule has 3 heterocycles. The molecule has 0 bridgehead atoms. The highest BCUT2D eigenvalue weighted by atomic mass is 19.1. The number of alkyl halides is 1. The van der Waals surface area contributed by atoms with Crippen molar-refractivity contribution in [2.75, 3.05) is 51.3 Å². The molecule has 0 spiro atoms. The molecule has 134 valence electrons. The van der Waals surface area contributed by atoms with Crippen molar-refractivity contribution < 1.29 is 13.9 Å². The van der Waals surface area contributed by atoms with Crippen LogP contribution in [-0.4, -0.2) is 77.2 Å². The Kier molecular flexibility index (Phi) is 5.35. The van der Waals surface area contributed by atoms with Crippen molar-refractivity contribution in [1.82, 2.24) is 19.6 Å². The van der Waals surface area contributed by atoms with E-state index >= 15 is 0 Å². The van der Waals surface area contributed by atoms with Gasteiger partial charge < -0.3 is 9.64 Å². The van der Waals surface area contributed by atoms with Crippen molar-refractivity contribution in [2.24, 2.45) is 0 Å². The maximum Gasteiger partial charge on any atom is 0.323 e. The van der Waals surface area contributed by atoms with E-state index in [2.05, 4.69) is 15.3 Å². The minimum Gasteiger partial charge on any atom is -0.379 e. The van der Waals surface area contributed by atoms with Gasteiger partial charge in [-0.15, -0.1) is 0 Å². The summed E-state index contributed by atoms with van der Waals surface area (Å²) < 4.78 is 21.2. The molecule has 2 amide bonds. The van der Waals surface area contributed by atoms with Crippen LogP contribution in [0, 0.1) is 0 Å². The highest BCUT2D eigenvalue weighted by molar-refractivity contribution is 5.88. The van der Waals surface area contributed by atoms with Crippen LogP contribution in [0.4, 0.5) is 15.0 Å². The number of amides is 2. The predicted octanol–water partition coefficient (Wildman–Crippen LogP) is 1.57. The van der Waals surface area contributed by atoms with Gasteiger partial charge in [0.25, 0.3) is 0 Å². The molecule has 1 N–H and O–H groups in total. The lowest BCUT2D eigenvalue weighted by Crippen LogP contribution is -2.48. The number of anilines is 1. The number of nitrogens with zero attached hydrogens (tertiary/aromatic N) is 4. The van der Waals surface area contributed by atoms with E-state index in [1.807, 2.05) is 10.9 Å². The lowest BCUT2D eigenvalue weighted by Gasteiger charge is -2.34. The van der Waals surface area contributed by atoms with Crippen molar-refractivity contribution in [3.8, 4) is 0 Å². The molecule has 2 aliphatic rings. The number of hydrogen-bond donors (Lipinski definition) is 1. The third kappa shape index (κ3) is 4.67. The molecule has 2 fully saturated rings. The van der Waals surface area contributed by atoms with Crippen molar-refractivity contribution in [2.45, 2.75) is 32.0 Å². The number of morpholine rings is 1. The van der Waals surface area contributed by atoms with Crippen LogP contribution < -0.4 is 5.32 Å². The molecule has 1 aromatic heterocycles. The molecular formula is C16H26FN5O2. The van der Waals surface area contributed by atoms with Gasteiger partial charge in [-0.1, -0.05) is 0 Å². The standard InChI is InChI=1S/C16H26FN5O2/c1-16(17)4-2-5-21(13-16)15(23)18-14-3-6-22(19-14)8-7-20-9-11-24-12-10-20/h3,6H,2,4-5,7-13H2,1H3,(H,18,19,23). The summed E-state index contributed by atoms with van der Waals surface area (Å²) >= 11 is 0. The molecule has 2 saturated heterocycles. The number of carbonyl (C=O) groups excluding carboxylic acids is 1. The second kappa shape index (κ2) is 7.48. The number of carbonyl (C=O) groups is 1. The number of aromatic nitrogens is 2. The monoisotopic (exact) mass is 339 g/mol. The van der Waals surface area contributed by atoms with Crippen LogP contribution in [0.25, 0.3) is 0 Å². The molecule has 0 aliphatic carbocycles. The second-order valence-corrected chi connectivity index (χ2v) is 6.79. The number of piperidine rings is 1. The summed E-state index contributed by atoms with van der Waals surface area (Å²) in [6, 6.07) is 1.49. The first-order chi connectivity index (χ1) is 11.5. The Morgan fingerprint density at radius 1 is 1.38 bits per heavy atom. The Labute approximate surface area is 141 Å². The first-order valence-electron chi connectivity index (χ1n) is 8.60. The Hall–Kier alpha value is -1.67. The van der Waals surface area contributed by atoms with E-state index in [4.69, 9.17) is 4.74 Å². The molecule has 7 nitrogen and oxygen atoms in total. The van der Waals surface area contributed by atoms with Crippen molar-refractivity contribution in [3.05, 3.63) is 12.3 Å². The smallest absolute Gasteiger partial charge is 0.323 e. The minimum absolute atomic E-state index is 0.135. The van der Waals surface area contributed by atoms with E-state index in [1.54, 1.807) is 13.0 Å². The van der Waals surface area contributed by atoms with Crippen LogP contribution in [-0.2, 0) is 11.3 Å². The fourth-order valence-electron chi connectivity index (χ4n) is 3.18. The van der Waals surface area contributed by atoms with Crippen LogP contribution in [0.3, 0.4) is 0 Å². The first-order valence-corrected chi connectivity index (χ1v) is 8.60. The number of rotatable bonds is 4. The van der Waals surface area contributed by atoms with Crippen molar-refractivity contribution in [3.63, 3.8) is 0 Å². The molecule has 8 heteroatoms. The molecule has 1 unspecified atom stereocenters. The van der Waals surface area contributed by atoms with Gasteiger partial charge in [0.1, 0.15) is 5.67 Å². The van der Waals surface area contributed by atoms with E-state index in [1.165, 1.54) is 4.90 Å². The van der Waals surface area contributed by atoms with Gasteiger partial charge in [0.15, 0.2) is 5.82 Å². The number of hydrogen-bond acceptors (Lipinski definition) is 4. The third-order valence-electron chi connectivity index (χ3n) is 4.56. The Bertz CT molecular complexity index is 556. The Morgan fingerprint density at radius 3 is 2.92 bits per heavy atom. The summed E-state index contributed by atoms with van der Waals surface area (Å²) in [6.07, 6.45) is 3.05. The fourth-order valence-corrected chi connectivity index (χ4v) is 3.18. The van der Waals surface area contributed by atoms with E-state index in [9.17, 15) is 9.18 Å². The van der Waals surface area contributed by atoms with Crippen LogP contribution >= 0.6 is 0 Å². The highest BCUT2D eigenvalue weighted by Crippen LogP contribution is 2.24. The molecule has 0 aromatic carbocycles. The first kappa shape index (κ1) is 17.2. The summed E-state index contributed by atoms with van der Waals surface area (Å²) in [6.45, 7) is 7.40. The van der Waals surface area contributed by atoms with E-state index < -0.39 is 5.67 Å². The van der Waals surface area contributed by atoms with Gasteiger partial charge in [-0.2, -0.15) is 5.10 Å². The van der Waals surface area contributed by atoms with E-state index in [0.29, 0.717) is 25.2 Å². The van der Waals surface area contributed by atoms with Gasteiger partial charge in [-0.25, -0.2) is 9.18 Å². The van der Waals surface area contributed by atoms with Gasteiger partial charge >= 0.3 is 6.03 Å². The van der Waals surface area contributed by atoms with Gasteiger partial charge in [0.2, 0.25) is 0 Å². The summed E-state index contributed by atoms with van der Waals surface area (Å²) in [5.74, 6) is 0.508. The zero-order valence-electron chi connectivity index (χ0n) is 14.2. The maximum absolute atomic E-state index is 14.0. The zero-order chi connectivity index (χ0) is 17.0. The number of likely N-dealkylation sites (tertiary alicyclic amines) is 1. The van der Waals surface area contributed by atoms with Crippen LogP contribution in [0.5, 0.6) is 0 Å². The Morgan fingerprint density at radius 2 is 2.17 bits per heavy atom. The SMILES string of the molecule is CC1(F)CCCN(C(=O)Nc2ccn(CCN3CCOCC3)n2)C1. The molecule has 0 saturated carbocycles. The van der Waals surface area contributed by atoms with E-state index in [0.717, 1.165) is 39.4 Å². The number of urea groups is 1. The number of ether oxygens (including phenoxy) is 1. The zero-order valence-corrected chi connectivity index (χ0v) is 14.2. The van der Waals surface area contributed by atoms with Crippen LogP contribution in [0.15, 0.2) is 12.3 Å². The lowest BCUT2D eigenvalue weighted by molar-refractivity contribution is 0.0360. The molecule has 0 radical (unpaired) electrons. The molecule has 1 aromatic rings. The average molecular weight is 339 g/mol. The summed E-state index contributed by atoms with van der Waals surface area (Å²) in [5.41, 5.74) is -1.30. The number of halogens is 1. The molecule has 24 heavy (non-hydrogen) atoms. The van der Waals surface area contributed by atoms with Crippen molar-refractivity contribution >= 4 is 11.8 Å². The normalized spacial score (nSPS) is 25.7. The molecule has 3 rings (SSSR count). The largest absolute Gasteiger partial charge is 0.379 e. The van der Waals surface area contributed by atoms with Crippen LogP contribution in [0.1, 0.15) is 19.8 Å². The topological polar surface area (TPSA) is 62.6 Å². The molecule has 1 atom stereocenters. The quantitative estimate of drug-likeness (QED) is 0.904. The Balaban J connectivity index is 1.47. The maximum atomic E-state index is 14.0. The van der Waals surface area contributed by atoms with Crippen LogP contribution in [0.2, 0.25) is 0 Å². The predicted molar refractivity (Wildman–Crippen MR) is 88.8 cm³/mol. The summed E-state index contributed by atoms with van der Waals surface area (Å²) in [7, 11) is 0. The highest BCUT2D eigenvalue weighted by Gasteiger charge is 2.33. The van der Waals surface area contributed by atoms with Gasteiger partial charge in [0, 0.05) is 38.4 Å². The summed E-state index contributed by atoms with van der Waals surface area (Å²) in [5, 5.41) is 7.13. The fraction of sp³-hybridized carbons (Fsp3) is 0.750. The van der Waals surface area contributed by atoms with Gasteiger partial charge in [-0.05, 0) is 19.8 Å². The van der Waals surface area contributed by atoms with Gasteiger partial charge in [-0.3, -0.25) is 14.9 Å². The average Bonchev–Trinajstić information content (AvgIpc) is 3.00. The number of nitrogens with one attached hydrogen (secondary N) is 1. The minimum atomic E-state index is -1.30. The second-order valence-electron chi connectivity index (χ2n) is 6.79.